The first-order valence-corrected chi connectivity index (χ1v) is 22.4. The number of nitrogens with two attached hydrogens (primary N) is 1. The van der Waals surface area contributed by atoms with E-state index in [1.54, 1.807) is 0 Å². The van der Waals surface area contributed by atoms with Gasteiger partial charge >= 0.3 is 0 Å². The van der Waals surface area contributed by atoms with Gasteiger partial charge in [-0.2, -0.15) is 0 Å². The largest absolute Gasteiger partial charge is 0.544 e. The van der Waals surface area contributed by atoms with Gasteiger partial charge in [-0.1, -0.05) is 103 Å². The lowest BCUT2D eigenvalue weighted by Gasteiger charge is -2.21. The van der Waals surface area contributed by atoms with E-state index in [4.69, 9.17) is 26.8 Å². The van der Waals surface area contributed by atoms with Crippen LogP contribution in [0.15, 0.2) is 114 Å². The molecule has 0 radical (unpaired) electrons. The zero-order chi connectivity index (χ0) is 32.4. The van der Waals surface area contributed by atoms with Crippen molar-refractivity contribution in [2.75, 3.05) is 5.73 Å². The normalized spacial score (nSPS) is 10.6. The minimum absolute atomic E-state index is 0.643. The number of hydrogen-bond acceptors (Lipinski definition) is 6. The first-order valence-electron chi connectivity index (χ1n) is 14.8. The van der Waals surface area contributed by atoms with Crippen LogP contribution in [0.1, 0.15) is 23.1 Å². The molecule has 0 heterocycles. The van der Waals surface area contributed by atoms with Crippen LogP contribution in [0.3, 0.4) is 0 Å². The number of aliphatic imine (C=N–C) groups is 1. The highest BCUT2D eigenvalue weighted by atomic mass is 32.1. The summed E-state index contributed by atoms with van der Waals surface area (Å²) in [4.78, 5) is 4.90. The number of isothiocyanates is 1. The van der Waals surface area contributed by atoms with Gasteiger partial charge in [0.05, 0.1) is 17.4 Å². The van der Waals surface area contributed by atoms with Gasteiger partial charge in [0, 0.05) is 6.42 Å². The number of thiocarbonyl (C=S) groups is 2. The summed E-state index contributed by atoms with van der Waals surface area (Å²) in [5.74, 6) is 1.82. The van der Waals surface area contributed by atoms with Crippen LogP contribution >= 0.6 is 24.4 Å². The summed E-state index contributed by atoms with van der Waals surface area (Å²) in [5.41, 5.74) is 10.2. The molecule has 0 amide bonds. The highest BCUT2D eigenvalue weighted by molar-refractivity contribution is 7.80. The molecule has 232 valence electrons. The Labute approximate surface area is 277 Å². The van der Waals surface area contributed by atoms with E-state index >= 15 is 0 Å². The van der Waals surface area contributed by atoms with E-state index in [2.05, 4.69) is 104 Å². The van der Waals surface area contributed by atoms with Crippen molar-refractivity contribution in [1.82, 2.24) is 0 Å². The summed E-state index contributed by atoms with van der Waals surface area (Å²) in [6.45, 7) is 13.7. The molecule has 0 aliphatic rings. The standard InChI is InChI=1S/C19H24OSSi.C9H15NOSi.C8H7NS/c1-22(2,3)20-19-12-8-7-11-17(19)15-18(21)14-13-16-9-5-4-6-10-16;1-12(2,3)11-9-7-5-4-6-8(9)10;10-7-9-6-8-4-2-1-3-5-8/h4-12H,13-15H2,1-3H3;4-7H,10H2,1-3H3;1-5H,6H2. The Morgan fingerprint density at radius 1 is 0.682 bits per heavy atom. The molecular formula is C36H46N2O2S2Si2. The molecule has 4 aromatic rings. The molecule has 4 nitrogen and oxygen atoms in total. The topological polar surface area (TPSA) is 56.8 Å². The van der Waals surface area contributed by atoms with Crippen molar-refractivity contribution in [2.45, 2.75) is 65.1 Å². The van der Waals surface area contributed by atoms with Gasteiger partial charge in [0.2, 0.25) is 16.6 Å². The summed E-state index contributed by atoms with van der Waals surface area (Å²) < 4.78 is 11.9. The molecule has 0 fully saturated rings. The fraction of sp³-hybridized carbons (Fsp3) is 0.278. The second-order valence-corrected chi connectivity index (χ2v) is 21.8. The lowest BCUT2D eigenvalue weighted by molar-refractivity contribution is 0.552. The molecule has 2 N–H and O–H groups in total. The van der Waals surface area contributed by atoms with Crippen molar-refractivity contribution in [3.8, 4) is 11.5 Å². The Hall–Kier alpha value is -3.40. The second kappa shape index (κ2) is 19.1. The number of nitrogens with zero attached hydrogens (tertiary/aromatic N) is 1. The van der Waals surface area contributed by atoms with Crippen molar-refractivity contribution < 1.29 is 8.85 Å². The number of anilines is 1. The van der Waals surface area contributed by atoms with Gasteiger partial charge in [-0.15, -0.1) is 0 Å². The first kappa shape index (κ1) is 36.8. The molecule has 0 aliphatic carbocycles. The van der Waals surface area contributed by atoms with Crippen LogP contribution in [0.4, 0.5) is 5.69 Å². The van der Waals surface area contributed by atoms with Crippen molar-refractivity contribution in [3.05, 3.63) is 126 Å². The lowest BCUT2D eigenvalue weighted by atomic mass is 10.0. The van der Waals surface area contributed by atoms with Gasteiger partial charge in [0.1, 0.15) is 11.5 Å². The van der Waals surface area contributed by atoms with E-state index in [9.17, 15) is 0 Å². The average Bonchev–Trinajstić information content (AvgIpc) is 2.98. The summed E-state index contributed by atoms with van der Waals surface area (Å²) >= 11 is 10.0. The maximum absolute atomic E-state index is 6.18. The molecule has 0 aromatic heterocycles. The van der Waals surface area contributed by atoms with Gasteiger partial charge in [-0.3, -0.25) is 0 Å². The van der Waals surface area contributed by atoms with Crippen molar-refractivity contribution >= 4 is 56.8 Å². The van der Waals surface area contributed by atoms with Crippen LogP contribution in [0, 0.1) is 0 Å². The molecular weight excluding hydrogens is 613 g/mol. The molecule has 0 saturated carbocycles. The zero-order valence-corrected chi connectivity index (χ0v) is 30.5. The first-order chi connectivity index (χ1) is 20.9. The van der Waals surface area contributed by atoms with Gasteiger partial charge in [-0.05, 0) is 104 Å². The molecule has 8 heteroatoms. The van der Waals surface area contributed by atoms with Crippen molar-refractivity contribution in [1.29, 1.82) is 0 Å². The van der Waals surface area contributed by atoms with Crippen molar-refractivity contribution in [3.63, 3.8) is 0 Å². The van der Waals surface area contributed by atoms with Gasteiger partial charge < -0.3 is 14.6 Å². The number of aryl methyl sites for hydroxylation is 1. The number of rotatable bonds is 11. The monoisotopic (exact) mass is 658 g/mol. The quantitative estimate of drug-likeness (QED) is 0.0752. The van der Waals surface area contributed by atoms with Crippen LogP contribution < -0.4 is 14.6 Å². The molecule has 0 atom stereocenters. The summed E-state index contributed by atoms with van der Waals surface area (Å²) in [6.07, 6.45) is 2.78. The van der Waals surface area contributed by atoms with E-state index in [1.165, 1.54) is 16.7 Å². The minimum Gasteiger partial charge on any atom is -0.544 e. The molecule has 44 heavy (non-hydrogen) atoms. The molecule has 0 bridgehead atoms. The van der Waals surface area contributed by atoms with E-state index in [0.717, 1.165) is 41.3 Å². The predicted molar refractivity (Wildman–Crippen MR) is 201 cm³/mol. The third kappa shape index (κ3) is 16.5. The Balaban J connectivity index is 0.000000257. The fourth-order valence-electron chi connectivity index (χ4n) is 3.92. The van der Waals surface area contributed by atoms with E-state index in [1.807, 2.05) is 66.7 Å². The van der Waals surface area contributed by atoms with Gasteiger partial charge in [0.25, 0.3) is 0 Å². The number of hydrogen-bond donors (Lipinski definition) is 1. The Morgan fingerprint density at radius 3 is 1.70 bits per heavy atom. The van der Waals surface area contributed by atoms with Crippen LogP contribution in [-0.2, 0) is 19.4 Å². The van der Waals surface area contributed by atoms with E-state index in [-0.39, 0.29) is 0 Å². The smallest absolute Gasteiger partial charge is 0.242 e. The summed E-state index contributed by atoms with van der Waals surface area (Å²) in [7, 11) is -3.10. The van der Waals surface area contributed by atoms with Crippen LogP contribution in [-0.4, -0.2) is 26.7 Å². The second-order valence-electron chi connectivity index (χ2n) is 12.2. The van der Waals surface area contributed by atoms with Gasteiger partial charge in [0.15, 0.2) is 0 Å². The Kier molecular flexibility index (Phi) is 16.0. The van der Waals surface area contributed by atoms with Crippen LogP contribution in [0.5, 0.6) is 11.5 Å². The lowest BCUT2D eigenvalue weighted by Crippen LogP contribution is -2.29. The van der Waals surface area contributed by atoms with Crippen LogP contribution in [0.25, 0.3) is 0 Å². The molecule has 4 aromatic carbocycles. The number of para-hydroxylation sites is 3. The third-order valence-corrected chi connectivity index (χ3v) is 7.96. The molecule has 0 unspecified atom stereocenters. The third-order valence-electron chi connectivity index (χ3n) is 5.82. The summed E-state index contributed by atoms with van der Waals surface area (Å²) in [6, 6.07) is 36.4. The van der Waals surface area contributed by atoms with E-state index < -0.39 is 16.6 Å². The highest BCUT2D eigenvalue weighted by Gasteiger charge is 2.18. The average molecular weight is 659 g/mol. The SMILES string of the molecule is C[Si](C)(C)Oc1ccccc1CC(=S)CCc1ccccc1.C[Si](C)(C)Oc1ccccc1N.S=C=NCc1ccccc1. The maximum atomic E-state index is 6.18. The Bertz CT molecular complexity index is 1460. The maximum Gasteiger partial charge on any atom is 0.242 e. The zero-order valence-electron chi connectivity index (χ0n) is 26.9. The summed E-state index contributed by atoms with van der Waals surface area (Å²) in [5, 5.41) is 2.32. The molecule has 0 spiro atoms. The van der Waals surface area contributed by atoms with Gasteiger partial charge in [-0.25, -0.2) is 4.99 Å². The predicted octanol–water partition coefficient (Wildman–Crippen LogP) is 10.2. The Morgan fingerprint density at radius 2 is 1.16 bits per heavy atom. The number of benzene rings is 4. The fourth-order valence-corrected chi connectivity index (χ4v) is 5.95. The molecule has 0 saturated heterocycles. The molecule has 4 rings (SSSR count). The minimum atomic E-state index is -1.59. The highest BCUT2D eigenvalue weighted by Crippen LogP contribution is 2.24. The van der Waals surface area contributed by atoms with E-state index in [0.29, 0.717) is 6.54 Å². The molecule has 0 aliphatic heterocycles. The van der Waals surface area contributed by atoms with Crippen LogP contribution in [0.2, 0.25) is 39.3 Å². The van der Waals surface area contributed by atoms with Crippen molar-refractivity contribution in [2.24, 2.45) is 4.99 Å². The number of nitrogen functional groups attached to an aromatic ring is 1.